The second-order valence-corrected chi connectivity index (χ2v) is 9.63. The predicted octanol–water partition coefficient (Wildman–Crippen LogP) is 3.93. The summed E-state index contributed by atoms with van der Waals surface area (Å²) in [6.45, 7) is 1.53. The van der Waals surface area contributed by atoms with E-state index in [2.05, 4.69) is 5.32 Å². The molecule has 174 valence electrons. The van der Waals surface area contributed by atoms with Gasteiger partial charge in [-0.15, -0.1) is 0 Å². The number of nitrogens with one attached hydrogen (secondary N) is 1. The van der Waals surface area contributed by atoms with Crippen molar-refractivity contribution in [3.8, 4) is 5.75 Å². The van der Waals surface area contributed by atoms with Crippen LogP contribution in [0, 0.1) is 12.7 Å². The molecule has 0 radical (unpaired) electrons. The number of pyridine rings is 1. The Morgan fingerprint density at radius 3 is 2.50 bits per heavy atom. The van der Waals surface area contributed by atoms with Gasteiger partial charge in [-0.25, -0.2) is 12.8 Å². The van der Waals surface area contributed by atoms with E-state index in [4.69, 9.17) is 4.74 Å². The summed E-state index contributed by atoms with van der Waals surface area (Å²) in [5.41, 5.74) is 0.986. The number of ether oxygens (including phenoxy) is 1. The van der Waals surface area contributed by atoms with Crippen molar-refractivity contribution >= 4 is 32.3 Å². The van der Waals surface area contributed by atoms with Crippen LogP contribution in [0.15, 0.2) is 87.5 Å². The van der Waals surface area contributed by atoms with Crippen LogP contribution in [0.5, 0.6) is 5.75 Å². The lowest BCUT2D eigenvalue weighted by atomic mass is 10.1. The quantitative estimate of drug-likeness (QED) is 0.422. The fraction of sp³-hybridized carbons (Fsp3) is 0.120. The summed E-state index contributed by atoms with van der Waals surface area (Å²) in [6, 6.07) is 16.0. The minimum atomic E-state index is -4.27. The van der Waals surface area contributed by atoms with Crippen LogP contribution in [-0.4, -0.2) is 26.0 Å². The molecule has 3 aromatic carbocycles. The number of aromatic nitrogens is 1. The topological polar surface area (TPSA) is 94.5 Å². The van der Waals surface area contributed by atoms with E-state index in [-0.39, 0.29) is 16.8 Å². The van der Waals surface area contributed by atoms with Crippen LogP contribution in [-0.2, 0) is 21.2 Å². The number of aryl methyl sites for hydroxylation is 1. The molecule has 0 saturated carbocycles. The number of carbonyl (C=O) groups excluding carboxylic acids is 1. The Kier molecular flexibility index (Phi) is 6.21. The van der Waals surface area contributed by atoms with Crippen LogP contribution in [0.4, 0.5) is 10.1 Å². The van der Waals surface area contributed by atoms with Gasteiger partial charge >= 0.3 is 0 Å². The third kappa shape index (κ3) is 4.55. The molecule has 0 aliphatic rings. The van der Waals surface area contributed by atoms with Gasteiger partial charge in [-0.3, -0.25) is 9.59 Å². The minimum Gasteiger partial charge on any atom is -0.497 e. The zero-order valence-electron chi connectivity index (χ0n) is 18.4. The summed E-state index contributed by atoms with van der Waals surface area (Å²) in [4.78, 5) is 25.3. The third-order valence-corrected chi connectivity index (χ3v) is 7.05. The molecule has 0 aliphatic carbocycles. The second kappa shape index (κ2) is 9.11. The summed E-state index contributed by atoms with van der Waals surface area (Å²) >= 11 is 0. The van der Waals surface area contributed by atoms with Gasteiger partial charge < -0.3 is 14.6 Å². The largest absolute Gasteiger partial charge is 0.497 e. The molecule has 0 unspecified atom stereocenters. The molecule has 7 nitrogen and oxygen atoms in total. The van der Waals surface area contributed by atoms with E-state index < -0.39 is 31.9 Å². The van der Waals surface area contributed by atoms with Crippen molar-refractivity contribution in [1.29, 1.82) is 0 Å². The molecule has 0 spiro atoms. The van der Waals surface area contributed by atoms with Gasteiger partial charge in [-0.1, -0.05) is 17.7 Å². The summed E-state index contributed by atoms with van der Waals surface area (Å²) in [6.07, 6.45) is 1.16. The van der Waals surface area contributed by atoms with E-state index in [1.54, 1.807) is 49.4 Å². The first kappa shape index (κ1) is 23.2. The maximum Gasteiger partial charge on any atom is 0.244 e. The standard InChI is InChI=1S/C25H21FN2O5S/c1-16-6-11-22-21(12-16)25(30)23(34(31,32)20-9-7-17(26)8-10-20)14-28(22)15-24(29)27-18-4-3-5-19(13-18)33-2/h3-14H,15H2,1-2H3,(H,27,29). The number of amides is 1. The highest BCUT2D eigenvalue weighted by molar-refractivity contribution is 7.91. The maximum atomic E-state index is 13.3. The van der Waals surface area contributed by atoms with E-state index in [9.17, 15) is 22.4 Å². The monoisotopic (exact) mass is 480 g/mol. The molecule has 0 aliphatic heterocycles. The molecule has 1 amide bonds. The Morgan fingerprint density at radius 2 is 1.79 bits per heavy atom. The lowest BCUT2D eigenvalue weighted by Crippen LogP contribution is -2.24. The highest BCUT2D eigenvalue weighted by Gasteiger charge is 2.24. The molecule has 0 atom stereocenters. The number of rotatable bonds is 6. The molecule has 0 bridgehead atoms. The Balaban J connectivity index is 1.80. The number of halogens is 1. The van der Waals surface area contributed by atoms with E-state index in [0.717, 1.165) is 36.0 Å². The summed E-state index contributed by atoms with van der Waals surface area (Å²) in [7, 11) is -2.75. The molecule has 0 saturated heterocycles. The van der Waals surface area contributed by atoms with Gasteiger partial charge in [0.25, 0.3) is 0 Å². The summed E-state index contributed by atoms with van der Waals surface area (Å²) in [5, 5.41) is 2.91. The van der Waals surface area contributed by atoms with Gasteiger partial charge in [0.05, 0.1) is 17.5 Å². The number of methoxy groups -OCH3 is 1. The zero-order valence-corrected chi connectivity index (χ0v) is 19.2. The van der Waals surface area contributed by atoms with Gasteiger partial charge in [-0.05, 0) is 55.5 Å². The number of anilines is 1. The molecule has 0 fully saturated rings. The van der Waals surface area contributed by atoms with Crippen LogP contribution in [0.25, 0.3) is 10.9 Å². The Labute approximate surface area is 195 Å². The number of nitrogens with zero attached hydrogens (tertiary/aromatic N) is 1. The van der Waals surface area contributed by atoms with Gasteiger partial charge in [0.15, 0.2) is 0 Å². The van der Waals surface area contributed by atoms with Gasteiger partial charge in [-0.2, -0.15) is 0 Å². The molecular formula is C25H21FN2O5S. The molecule has 34 heavy (non-hydrogen) atoms. The highest BCUT2D eigenvalue weighted by Crippen LogP contribution is 2.23. The van der Waals surface area contributed by atoms with Gasteiger partial charge in [0, 0.05) is 23.3 Å². The first-order valence-corrected chi connectivity index (χ1v) is 11.8. The summed E-state index contributed by atoms with van der Waals surface area (Å²) in [5.74, 6) is -0.460. The van der Waals surface area contributed by atoms with Crippen molar-refractivity contribution in [3.05, 3.63) is 94.5 Å². The number of hydrogen-bond acceptors (Lipinski definition) is 5. The third-order valence-electron chi connectivity index (χ3n) is 5.28. The normalized spacial score (nSPS) is 11.4. The zero-order chi connectivity index (χ0) is 24.5. The second-order valence-electron chi connectivity index (χ2n) is 7.71. The summed E-state index contributed by atoms with van der Waals surface area (Å²) < 4.78 is 46.4. The smallest absolute Gasteiger partial charge is 0.244 e. The number of hydrogen-bond donors (Lipinski definition) is 1. The van der Waals surface area contributed by atoms with Crippen LogP contribution in [0.3, 0.4) is 0 Å². The molecule has 4 rings (SSSR count). The predicted molar refractivity (Wildman–Crippen MR) is 126 cm³/mol. The first-order chi connectivity index (χ1) is 16.2. The van der Waals surface area contributed by atoms with E-state index in [1.165, 1.54) is 11.7 Å². The maximum absolute atomic E-state index is 13.3. The molecular weight excluding hydrogens is 459 g/mol. The van der Waals surface area contributed by atoms with E-state index in [0.29, 0.717) is 17.0 Å². The van der Waals surface area contributed by atoms with E-state index in [1.807, 2.05) is 0 Å². The molecule has 4 aromatic rings. The molecule has 9 heteroatoms. The van der Waals surface area contributed by atoms with Crippen LogP contribution >= 0.6 is 0 Å². The van der Waals surface area contributed by atoms with Crippen LogP contribution in [0.1, 0.15) is 5.56 Å². The van der Waals surface area contributed by atoms with Crippen molar-refractivity contribution in [3.63, 3.8) is 0 Å². The lowest BCUT2D eigenvalue weighted by molar-refractivity contribution is -0.116. The van der Waals surface area contributed by atoms with E-state index >= 15 is 0 Å². The number of benzene rings is 3. The van der Waals surface area contributed by atoms with Crippen molar-refractivity contribution < 1.29 is 22.3 Å². The minimum absolute atomic E-state index is 0.164. The Hall–Kier alpha value is -3.98. The SMILES string of the molecule is COc1cccc(NC(=O)Cn2cc(S(=O)(=O)c3ccc(F)cc3)c(=O)c3cc(C)ccc32)c1. The van der Waals surface area contributed by atoms with Crippen molar-refractivity contribution in [1.82, 2.24) is 4.57 Å². The van der Waals surface area contributed by atoms with Gasteiger partial charge in [0.2, 0.25) is 21.2 Å². The van der Waals surface area contributed by atoms with Crippen LogP contribution in [0.2, 0.25) is 0 Å². The molecule has 1 heterocycles. The fourth-order valence-corrected chi connectivity index (χ4v) is 4.97. The molecule has 1 aromatic heterocycles. The highest BCUT2D eigenvalue weighted by atomic mass is 32.2. The fourth-order valence-electron chi connectivity index (χ4n) is 3.60. The molecule has 1 N–H and O–H groups in total. The van der Waals surface area contributed by atoms with Crippen molar-refractivity contribution in [2.75, 3.05) is 12.4 Å². The van der Waals surface area contributed by atoms with Gasteiger partial charge in [0.1, 0.15) is 23.0 Å². The number of carbonyl (C=O) groups is 1. The van der Waals surface area contributed by atoms with Crippen molar-refractivity contribution in [2.24, 2.45) is 0 Å². The first-order valence-electron chi connectivity index (χ1n) is 10.3. The lowest BCUT2D eigenvalue weighted by Gasteiger charge is -2.15. The number of sulfone groups is 1. The van der Waals surface area contributed by atoms with Crippen molar-refractivity contribution in [2.45, 2.75) is 23.3 Å². The van der Waals surface area contributed by atoms with Crippen LogP contribution < -0.4 is 15.5 Å². The Bertz CT molecular complexity index is 1560. The number of fused-ring (bicyclic) bond motifs is 1. The average Bonchev–Trinajstić information content (AvgIpc) is 2.81. The Morgan fingerprint density at radius 1 is 1.06 bits per heavy atom. The average molecular weight is 481 g/mol.